The highest BCUT2D eigenvalue weighted by atomic mass is 32.1. The van der Waals surface area contributed by atoms with E-state index in [1.807, 2.05) is 36.4 Å². The lowest BCUT2D eigenvalue weighted by Gasteiger charge is -2.07. The monoisotopic (exact) mass is 459 g/mol. The van der Waals surface area contributed by atoms with E-state index in [0.717, 1.165) is 46.4 Å². The molecule has 0 spiro atoms. The normalized spacial score (nSPS) is 11.3. The molecule has 2 N–H and O–H groups in total. The molecule has 0 radical (unpaired) electrons. The second-order valence-electron chi connectivity index (χ2n) is 7.71. The Hall–Kier alpha value is -3.65. The third-order valence-corrected chi connectivity index (χ3v) is 6.07. The van der Waals surface area contributed by atoms with E-state index in [-0.39, 0.29) is 18.2 Å². The highest BCUT2D eigenvalue weighted by Crippen LogP contribution is 2.27. The molecule has 0 atom stereocenters. The van der Waals surface area contributed by atoms with E-state index >= 15 is 0 Å². The second kappa shape index (κ2) is 10.8. The van der Waals surface area contributed by atoms with Gasteiger partial charge in [-0.15, -0.1) is 10.2 Å². The molecule has 0 aliphatic carbocycles. The summed E-state index contributed by atoms with van der Waals surface area (Å²) < 4.78 is 0. The number of anilines is 1. The van der Waals surface area contributed by atoms with Crippen LogP contribution in [0, 0.1) is 0 Å². The minimum Gasteiger partial charge on any atom is -0.301 e. The van der Waals surface area contributed by atoms with Crippen LogP contribution in [-0.2, 0) is 16.0 Å². The SMILES string of the molecule is CCCCCC(=O)Nc1nnc(CC(=O)N/N=C\c2c3ccccc3cc3ccccc23)s1. The smallest absolute Gasteiger partial charge is 0.247 e. The molecule has 3 aromatic carbocycles. The summed E-state index contributed by atoms with van der Waals surface area (Å²) in [5.41, 5.74) is 3.53. The van der Waals surface area contributed by atoms with Gasteiger partial charge < -0.3 is 5.32 Å². The van der Waals surface area contributed by atoms with Crippen LogP contribution >= 0.6 is 11.3 Å². The van der Waals surface area contributed by atoms with Crippen molar-refractivity contribution in [3.8, 4) is 0 Å². The number of nitrogens with one attached hydrogen (secondary N) is 2. The number of nitrogens with zero attached hydrogens (tertiary/aromatic N) is 3. The zero-order chi connectivity index (χ0) is 23.0. The maximum Gasteiger partial charge on any atom is 0.247 e. The van der Waals surface area contributed by atoms with Crippen LogP contribution in [0.5, 0.6) is 0 Å². The van der Waals surface area contributed by atoms with Crippen molar-refractivity contribution in [3.63, 3.8) is 0 Å². The van der Waals surface area contributed by atoms with Gasteiger partial charge in [0.1, 0.15) is 5.01 Å². The molecule has 8 heteroatoms. The van der Waals surface area contributed by atoms with Crippen molar-refractivity contribution < 1.29 is 9.59 Å². The maximum atomic E-state index is 12.4. The lowest BCUT2D eigenvalue weighted by Crippen LogP contribution is -2.19. The zero-order valence-electron chi connectivity index (χ0n) is 18.4. The van der Waals surface area contributed by atoms with E-state index in [0.29, 0.717) is 16.6 Å². The van der Waals surface area contributed by atoms with Crippen LogP contribution in [0.1, 0.15) is 43.2 Å². The van der Waals surface area contributed by atoms with Gasteiger partial charge in [-0.25, -0.2) is 5.43 Å². The first kappa shape index (κ1) is 22.5. The summed E-state index contributed by atoms with van der Waals surface area (Å²) in [5.74, 6) is -0.379. The topological polar surface area (TPSA) is 96.3 Å². The number of aromatic nitrogens is 2. The van der Waals surface area contributed by atoms with Gasteiger partial charge in [-0.1, -0.05) is 79.6 Å². The van der Waals surface area contributed by atoms with Crippen molar-refractivity contribution >= 4 is 56.0 Å². The molecule has 1 aromatic heterocycles. The Balaban J connectivity index is 1.40. The van der Waals surface area contributed by atoms with Crippen LogP contribution in [-0.4, -0.2) is 28.2 Å². The average Bonchev–Trinajstić information content (AvgIpc) is 3.25. The van der Waals surface area contributed by atoms with E-state index in [2.05, 4.69) is 51.2 Å². The van der Waals surface area contributed by atoms with E-state index < -0.39 is 0 Å². The van der Waals surface area contributed by atoms with Crippen molar-refractivity contribution in [1.82, 2.24) is 15.6 Å². The van der Waals surface area contributed by atoms with Crippen LogP contribution in [0.4, 0.5) is 5.13 Å². The zero-order valence-corrected chi connectivity index (χ0v) is 19.2. The van der Waals surface area contributed by atoms with Gasteiger partial charge >= 0.3 is 0 Å². The number of carbonyl (C=O) groups excluding carboxylic acids is 2. The fourth-order valence-corrected chi connectivity index (χ4v) is 4.38. The van der Waals surface area contributed by atoms with Gasteiger partial charge in [0.15, 0.2) is 0 Å². The van der Waals surface area contributed by atoms with Crippen molar-refractivity contribution in [1.29, 1.82) is 0 Å². The summed E-state index contributed by atoms with van der Waals surface area (Å²) in [6.45, 7) is 2.09. The van der Waals surface area contributed by atoms with Crippen molar-refractivity contribution in [2.24, 2.45) is 5.10 Å². The quantitative estimate of drug-likeness (QED) is 0.158. The summed E-state index contributed by atoms with van der Waals surface area (Å²) in [6, 6.07) is 18.4. The minimum atomic E-state index is -0.298. The molecule has 0 saturated carbocycles. The first-order chi connectivity index (χ1) is 16.1. The lowest BCUT2D eigenvalue weighted by molar-refractivity contribution is -0.120. The third kappa shape index (κ3) is 5.78. The molecule has 0 fully saturated rings. The molecule has 2 amide bonds. The molecule has 168 valence electrons. The molecule has 0 aliphatic heterocycles. The fourth-order valence-electron chi connectivity index (χ4n) is 3.63. The fraction of sp³-hybridized carbons (Fsp3) is 0.240. The molecule has 33 heavy (non-hydrogen) atoms. The van der Waals surface area contributed by atoms with E-state index in [1.54, 1.807) is 6.21 Å². The molecule has 4 aromatic rings. The number of amides is 2. The summed E-state index contributed by atoms with van der Waals surface area (Å²) in [6.07, 6.45) is 5.11. The van der Waals surface area contributed by atoms with Crippen LogP contribution in [0.15, 0.2) is 59.7 Å². The molecule has 7 nitrogen and oxygen atoms in total. The summed E-state index contributed by atoms with van der Waals surface area (Å²) in [4.78, 5) is 24.3. The second-order valence-corrected chi connectivity index (χ2v) is 8.77. The molecule has 4 rings (SSSR count). The molecular formula is C25H25N5O2S. The number of hydrogen-bond donors (Lipinski definition) is 2. The van der Waals surface area contributed by atoms with Gasteiger partial charge in [0.25, 0.3) is 0 Å². The minimum absolute atomic E-state index is 0.0387. The number of rotatable bonds is 9. The predicted molar refractivity (Wildman–Crippen MR) is 134 cm³/mol. The van der Waals surface area contributed by atoms with Crippen molar-refractivity contribution in [3.05, 3.63) is 65.2 Å². The molecule has 0 bridgehead atoms. The largest absolute Gasteiger partial charge is 0.301 e. The molecule has 0 unspecified atom stereocenters. The van der Waals surface area contributed by atoms with Crippen LogP contribution < -0.4 is 10.7 Å². The van der Waals surface area contributed by atoms with E-state index in [1.165, 1.54) is 11.3 Å². The number of benzene rings is 3. The van der Waals surface area contributed by atoms with Gasteiger partial charge in [0.2, 0.25) is 16.9 Å². The Bertz CT molecular complexity index is 1260. The summed E-state index contributed by atoms with van der Waals surface area (Å²) in [5, 5.41) is 20.2. The van der Waals surface area contributed by atoms with E-state index in [9.17, 15) is 9.59 Å². The maximum absolute atomic E-state index is 12.4. The standard InChI is InChI=1S/C25H25N5O2S/c1-2-3-4-13-22(31)27-25-30-29-24(33-25)15-23(32)28-26-16-21-19-11-7-5-9-17(19)14-18-10-6-8-12-20(18)21/h5-12,14,16H,2-4,13,15H2,1H3,(H,28,32)(H,27,30,31)/b26-16-. The number of unbranched alkanes of at least 4 members (excludes halogenated alkanes) is 2. The highest BCUT2D eigenvalue weighted by Gasteiger charge is 2.11. The number of fused-ring (bicyclic) bond motifs is 2. The van der Waals surface area contributed by atoms with Crippen molar-refractivity contribution in [2.75, 3.05) is 5.32 Å². The van der Waals surface area contributed by atoms with Crippen LogP contribution in [0.2, 0.25) is 0 Å². The molecule has 0 aliphatic rings. The van der Waals surface area contributed by atoms with Gasteiger partial charge in [-0.3, -0.25) is 9.59 Å². The number of hydrazone groups is 1. The van der Waals surface area contributed by atoms with Gasteiger partial charge in [0.05, 0.1) is 12.6 Å². The van der Waals surface area contributed by atoms with Gasteiger partial charge in [0, 0.05) is 12.0 Å². The summed E-state index contributed by atoms with van der Waals surface area (Å²) in [7, 11) is 0. The Morgan fingerprint density at radius 1 is 0.970 bits per heavy atom. The Labute approximate surface area is 195 Å². The molecule has 1 heterocycles. The molecule has 0 saturated heterocycles. The van der Waals surface area contributed by atoms with E-state index in [4.69, 9.17) is 0 Å². The third-order valence-electron chi connectivity index (χ3n) is 5.23. The van der Waals surface area contributed by atoms with Gasteiger partial charge in [-0.05, 0) is 34.0 Å². The highest BCUT2D eigenvalue weighted by molar-refractivity contribution is 7.15. The number of hydrogen-bond acceptors (Lipinski definition) is 6. The Morgan fingerprint density at radius 3 is 2.36 bits per heavy atom. The summed E-state index contributed by atoms with van der Waals surface area (Å²) >= 11 is 1.20. The first-order valence-electron chi connectivity index (χ1n) is 11.0. The molecular weight excluding hydrogens is 434 g/mol. The first-order valence-corrected chi connectivity index (χ1v) is 11.8. The predicted octanol–water partition coefficient (Wildman–Crippen LogP) is 5.06. The average molecular weight is 460 g/mol. The Kier molecular flexibility index (Phi) is 7.36. The van der Waals surface area contributed by atoms with Crippen molar-refractivity contribution in [2.45, 2.75) is 39.0 Å². The number of carbonyl (C=O) groups is 2. The Morgan fingerprint density at radius 2 is 1.67 bits per heavy atom. The van der Waals surface area contributed by atoms with Crippen LogP contribution in [0.25, 0.3) is 21.5 Å². The van der Waals surface area contributed by atoms with Gasteiger partial charge in [-0.2, -0.15) is 5.10 Å². The lowest BCUT2D eigenvalue weighted by atomic mass is 9.97. The van der Waals surface area contributed by atoms with Crippen LogP contribution in [0.3, 0.4) is 0 Å².